The van der Waals surface area contributed by atoms with Gasteiger partial charge in [0, 0.05) is 19.6 Å². The summed E-state index contributed by atoms with van der Waals surface area (Å²) in [4.78, 5) is 2.37. The number of ether oxygens (including phenoxy) is 1. The molecule has 3 rings (SSSR count). The molecule has 0 aromatic heterocycles. The first-order valence-electron chi connectivity index (χ1n) is 7.34. The van der Waals surface area contributed by atoms with Gasteiger partial charge in [-0.1, -0.05) is 0 Å². The van der Waals surface area contributed by atoms with Gasteiger partial charge in [0.15, 0.2) is 0 Å². The van der Waals surface area contributed by atoms with Crippen molar-refractivity contribution in [2.24, 2.45) is 17.8 Å². The molecule has 0 aromatic carbocycles. The second-order valence-corrected chi connectivity index (χ2v) is 6.25. The molecule has 98 valence electrons. The van der Waals surface area contributed by atoms with Crippen LogP contribution in [0.25, 0.3) is 0 Å². The van der Waals surface area contributed by atoms with Crippen LogP contribution in [0, 0.1) is 17.8 Å². The normalized spacial score (nSPS) is 31.1. The van der Waals surface area contributed by atoms with E-state index in [1.165, 1.54) is 32.2 Å². The van der Waals surface area contributed by atoms with Crippen molar-refractivity contribution >= 4 is 0 Å². The Morgan fingerprint density at radius 2 is 1.94 bits per heavy atom. The average Bonchev–Trinajstić information content (AvgIpc) is 3.15. The molecular weight excluding hydrogens is 212 g/mol. The van der Waals surface area contributed by atoms with E-state index in [1.54, 1.807) is 0 Å². The Balaban J connectivity index is 1.35. The zero-order chi connectivity index (χ0) is 11.7. The minimum Gasteiger partial charge on any atom is -0.374 e. The Labute approximate surface area is 105 Å². The molecule has 0 bridgehead atoms. The van der Waals surface area contributed by atoms with E-state index in [1.807, 2.05) is 0 Å². The lowest BCUT2D eigenvalue weighted by Gasteiger charge is -2.30. The quantitative estimate of drug-likeness (QED) is 0.756. The van der Waals surface area contributed by atoms with Crippen LogP contribution in [-0.2, 0) is 4.74 Å². The third kappa shape index (κ3) is 3.43. The number of hydrogen-bond donors (Lipinski definition) is 1. The summed E-state index contributed by atoms with van der Waals surface area (Å²) < 4.78 is 5.78. The van der Waals surface area contributed by atoms with Gasteiger partial charge in [-0.15, -0.1) is 0 Å². The molecule has 3 nitrogen and oxygen atoms in total. The first-order chi connectivity index (χ1) is 8.33. The molecule has 1 N–H and O–H groups in total. The summed E-state index contributed by atoms with van der Waals surface area (Å²) in [6.45, 7) is 5.35. The SMILES string of the molecule is CN1CCOC(CNCC(C2CC2)C2CC2)C1. The molecule has 1 unspecified atom stereocenters. The lowest BCUT2D eigenvalue weighted by atomic mass is 9.98. The maximum absolute atomic E-state index is 5.78. The van der Waals surface area contributed by atoms with Crippen molar-refractivity contribution in [1.82, 2.24) is 10.2 Å². The van der Waals surface area contributed by atoms with Gasteiger partial charge in [0.05, 0.1) is 12.7 Å². The van der Waals surface area contributed by atoms with E-state index in [0.29, 0.717) is 6.10 Å². The van der Waals surface area contributed by atoms with Crippen LogP contribution in [0.2, 0.25) is 0 Å². The van der Waals surface area contributed by atoms with E-state index in [0.717, 1.165) is 44.0 Å². The summed E-state index contributed by atoms with van der Waals surface area (Å²) in [7, 11) is 2.19. The largest absolute Gasteiger partial charge is 0.374 e. The zero-order valence-corrected chi connectivity index (χ0v) is 11.0. The number of morpholine rings is 1. The Morgan fingerprint density at radius 1 is 1.24 bits per heavy atom. The Bertz CT molecular complexity index is 239. The molecule has 0 amide bonds. The lowest BCUT2D eigenvalue weighted by molar-refractivity contribution is -0.0185. The topological polar surface area (TPSA) is 24.5 Å². The van der Waals surface area contributed by atoms with E-state index >= 15 is 0 Å². The fourth-order valence-corrected chi connectivity index (χ4v) is 3.17. The molecule has 3 heteroatoms. The van der Waals surface area contributed by atoms with Crippen LogP contribution in [0.3, 0.4) is 0 Å². The second kappa shape index (κ2) is 5.25. The van der Waals surface area contributed by atoms with Gasteiger partial charge in [-0.3, -0.25) is 0 Å². The van der Waals surface area contributed by atoms with Gasteiger partial charge in [-0.05, 0) is 57.0 Å². The highest BCUT2D eigenvalue weighted by atomic mass is 16.5. The molecule has 17 heavy (non-hydrogen) atoms. The van der Waals surface area contributed by atoms with Crippen molar-refractivity contribution in [3.63, 3.8) is 0 Å². The Kier molecular flexibility index (Phi) is 3.69. The van der Waals surface area contributed by atoms with Gasteiger partial charge in [0.2, 0.25) is 0 Å². The standard InChI is InChI=1S/C14H26N2O/c1-16-6-7-17-13(10-16)8-15-9-14(11-2-3-11)12-4-5-12/h11-15H,2-10H2,1H3. The highest BCUT2D eigenvalue weighted by Crippen LogP contribution is 2.48. The second-order valence-electron chi connectivity index (χ2n) is 6.25. The van der Waals surface area contributed by atoms with Gasteiger partial charge in [-0.25, -0.2) is 0 Å². The summed E-state index contributed by atoms with van der Waals surface area (Å²) in [5.41, 5.74) is 0. The molecule has 2 aliphatic carbocycles. The van der Waals surface area contributed by atoms with Crippen molar-refractivity contribution in [1.29, 1.82) is 0 Å². The summed E-state index contributed by atoms with van der Waals surface area (Å²) in [6, 6.07) is 0. The monoisotopic (exact) mass is 238 g/mol. The van der Waals surface area contributed by atoms with E-state index < -0.39 is 0 Å². The fraction of sp³-hybridized carbons (Fsp3) is 1.00. The van der Waals surface area contributed by atoms with Crippen LogP contribution in [0.15, 0.2) is 0 Å². The molecular formula is C14H26N2O. The number of nitrogens with zero attached hydrogens (tertiary/aromatic N) is 1. The Morgan fingerprint density at radius 3 is 2.53 bits per heavy atom. The first-order valence-corrected chi connectivity index (χ1v) is 7.34. The number of nitrogens with one attached hydrogen (secondary N) is 1. The van der Waals surface area contributed by atoms with Crippen LogP contribution in [0.1, 0.15) is 25.7 Å². The minimum atomic E-state index is 0.410. The van der Waals surface area contributed by atoms with E-state index in [4.69, 9.17) is 4.74 Å². The van der Waals surface area contributed by atoms with E-state index in [2.05, 4.69) is 17.3 Å². The van der Waals surface area contributed by atoms with Crippen molar-refractivity contribution < 1.29 is 4.74 Å². The maximum atomic E-state index is 5.78. The highest BCUT2D eigenvalue weighted by molar-refractivity contribution is 4.92. The summed E-state index contributed by atoms with van der Waals surface area (Å²) in [6.07, 6.45) is 6.38. The predicted octanol–water partition coefficient (Wildman–Crippen LogP) is 1.34. The maximum Gasteiger partial charge on any atom is 0.0826 e. The summed E-state index contributed by atoms with van der Waals surface area (Å²) >= 11 is 0. The minimum absolute atomic E-state index is 0.410. The third-order valence-electron chi connectivity index (χ3n) is 4.55. The molecule has 1 saturated heterocycles. The molecule has 1 atom stereocenters. The van der Waals surface area contributed by atoms with Gasteiger partial charge in [-0.2, -0.15) is 0 Å². The number of likely N-dealkylation sites (N-methyl/N-ethyl adjacent to an activating group) is 1. The first kappa shape index (κ1) is 11.9. The fourth-order valence-electron chi connectivity index (χ4n) is 3.17. The van der Waals surface area contributed by atoms with Crippen molar-refractivity contribution in [2.75, 3.05) is 39.8 Å². The van der Waals surface area contributed by atoms with Crippen molar-refractivity contribution in [3.05, 3.63) is 0 Å². The lowest BCUT2D eigenvalue weighted by Crippen LogP contribution is -2.45. The van der Waals surface area contributed by atoms with Crippen molar-refractivity contribution in [3.8, 4) is 0 Å². The number of rotatable bonds is 6. The predicted molar refractivity (Wildman–Crippen MR) is 69.0 cm³/mol. The van der Waals surface area contributed by atoms with Gasteiger partial charge in [0.25, 0.3) is 0 Å². The van der Waals surface area contributed by atoms with Crippen LogP contribution in [0.4, 0.5) is 0 Å². The van der Waals surface area contributed by atoms with Crippen LogP contribution in [0.5, 0.6) is 0 Å². The summed E-state index contributed by atoms with van der Waals surface area (Å²) in [5, 5.41) is 3.67. The zero-order valence-electron chi connectivity index (χ0n) is 11.0. The molecule has 0 spiro atoms. The van der Waals surface area contributed by atoms with Crippen molar-refractivity contribution in [2.45, 2.75) is 31.8 Å². The molecule has 0 radical (unpaired) electrons. The molecule has 3 aliphatic rings. The average molecular weight is 238 g/mol. The van der Waals surface area contributed by atoms with Crippen LogP contribution >= 0.6 is 0 Å². The number of hydrogen-bond acceptors (Lipinski definition) is 3. The van der Waals surface area contributed by atoms with E-state index in [9.17, 15) is 0 Å². The van der Waals surface area contributed by atoms with Gasteiger partial charge >= 0.3 is 0 Å². The van der Waals surface area contributed by atoms with Gasteiger partial charge < -0.3 is 15.0 Å². The molecule has 2 saturated carbocycles. The highest BCUT2D eigenvalue weighted by Gasteiger charge is 2.40. The molecule has 1 aliphatic heterocycles. The van der Waals surface area contributed by atoms with Gasteiger partial charge in [0.1, 0.15) is 0 Å². The smallest absolute Gasteiger partial charge is 0.0826 e. The summed E-state index contributed by atoms with van der Waals surface area (Å²) in [5.74, 6) is 3.10. The van der Waals surface area contributed by atoms with Crippen LogP contribution in [-0.4, -0.2) is 50.8 Å². The van der Waals surface area contributed by atoms with E-state index in [-0.39, 0.29) is 0 Å². The van der Waals surface area contributed by atoms with Crippen LogP contribution < -0.4 is 5.32 Å². The third-order valence-corrected chi connectivity index (χ3v) is 4.55. The Hall–Kier alpha value is -0.120. The molecule has 3 fully saturated rings. The molecule has 1 heterocycles. The molecule has 0 aromatic rings.